The van der Waals surface area contributed by atoms with Gasteiger partial charge in [0, 0.05) is 19.6 Å². The molecule has 1 amide bonds. The summed E-state index contributed by atoms with van der Waals surface area (Å²) in [4.78, 5) is 10.5. The second kappa shape index (κ2) is 6.81. The van der Waals surface area contributed by atoms with Gasteiger partial charge in [-0.05, 0) is 17.7 Å². The van der Waals surface area contributed by atoms with Gasteiger partial charge in [-0.2, -0.15) is 0 Å². The van der Waals surface area contributed by atoms with Crippen molar-refractivity contribution in [3.63, 3.8) is 0 Å². The van der Waals surface area contributed by atoms with Crippen molar-refractivity contribution < 1.29 is 9.53 Å². The van der Waals surface area contributed by atoms with Crippen molar-refractivity contribution in [1.29, 1.82) is 0 Å². The first-order chi connectivity index (χ1) is 7.72. The summed E-state index contributed by atoms with van der Waals surface area (Å²) in [7, 11) is 0. The summed E-state index contributed by atoms with van der Waals surface area (Å²) >= 11 is 0. The summed E-state index contributed by atoms with van der Waals surface area (Å²) in [5, 5.41) is 3.18. The van der Waals surface area contributed by atoms with Gasteiger partial charge in [-0.3, -0.25) is 4.79 Å². The lowest BCUT2D eigenvalue weighted by Crippen LogP contribution is -2.22. The Morgan fingerprint density at radius 2 is 2.00 bits per heavy atom. The van der Waals surface area contributed by atoms with E-state index in [0.29, 0.717) is 12.3 Å². The maximum atomic E-state index is 10.5. The normalized spacial score (nSPS) is 10.1. The van der Waals surface area contributed by atoms with Crippen LogP contribution in [0.2, 0.25) is 0 Å². The summed E-state index contributed by atoms with van der Waals surface area (Å²) in [6, 6.07) is 7.48. The van der Waals surface area contributed by atoms with Crippen LogP contribution in [0.4, 0.5) is 0 Å². The van der Waals surface area contributed by atoms with Gasteiger partial charge < -0.3 is 21.5 Å². The first kappa shape index (κ1) is 12.5. The van der Waals surface area contributed by atoms with Crippen LogP contribution in [0, 0.1) is 0 Å². The number of nitrogens with two attached hydrogens (primary N) is 2. The zero-order chi connectivity index (χ0) is 11.8. The largest absolute Gasteiger partial charge is 0.484 e. The summed E-state index contributed by atoms with van der Waals surface area (Å²) in [5.74, 6) is 0.162. The van der Waals surface area contributed by atoms with Crippen molar-refractivity contribution in [2.24, 2.45) is 11.5 Å². The predicted octanol–water partition coefficient (Wildman–Crippen LogP) is -0.401. The van der Waals surface area contributed by atoms with Crippen molar-refractivity contribution in [2.45, 2.75) is 6.54 Å². The zero-order valence-electron chi connectivity index (χ0n) is 9.11. The Balaban J connectivity index is 2.38. The highest BCUT2D eigenvalue weighted by Crippen LogP contribution is 2.11. The van der Waals surface area contributed by atoms with E-state index in [1.165, 1.54) is 0 Å². The standard InChI is InChI=1S/C11H17N3O2/c12-5-6-14-7-9-1-3-10(4-2-9)16-8-11(13)15/h1-4,14H,5-8,12H2,(H2,13,15). The lowest BCUT2D eigenvalue weighted by atomic mass is 10.2. The van der Waals surface area contributed by atoms with Gasteiger partial charge in [-0.25, -0.2) is 0 Å². The van der Waals surface area contributed by atoms with E-state index in [1.54, 1.807) is 0 Å². The Labute approximate surface area is 94.8 Å². The summed E-state index contributed by atoms with van der Waals surface area (Å²) < 4.78 is 5.13. The average molecular weight is 223 g/mol. The number of hydrogen-bond donors (Lipinski definition) is 3. The minimum Gasteiger partial charge on any atom is -0.484 e. The van der Waals surface area contributed by atoms with Gasteiger partial charge in [0.1, 0.15) is 5.75 Å². The van der Waals surface area contributed by atoms with Crippen LogP contribution in [-0.2, 0) is 11.3 Å². The number of rotatable bonds is 7. The molecule has 1 rings (SSSR count). The molecule has 5 nitrogen and oxygen atoms in total. The van der Waals surface area contributed by atoms with Gasteiger partial charge in [0.25, 0.3) is 5.91 Å². The van der Waals surface area contributed by atoms with Crippen LogP contribution in [-0.4, -0.2) is 25.6 Å². The topological polar surface area (TPSA) is 90.4 Å². The molecular weight excluding hydrogens is 206 g/mol. The SMILES string of the molecule is NCCNCc1ccc(OCC(N)=O)cc1. The molecule has 5 N–H and O–H groups in total. The molecule has 0 aliphatic rings. The molecule has 0 fully saturated rings. The number of carbonyl (C=O) groups is 1. The van der Waals surface area contributed by atoms with Crippen LogP contribution in [0.25, 0.3) is 0 Å². The van der Waals surface area contributed by atoms with Crippen molar-refractivity contribution >= 4 is 5.91 Å². The van der Waals surface area contributed by atoms with E-state index in [0.717, 1.165) is 18.7 Å². The van der Waals surface area contributed by atoms with Crippen LogP contribution in [0.1, 0.15) is 5.56 Å². The molecule has 0 saturated carbocycles. The molecule has 5 heteroatoms. The van der Waals surface area contributed by atoms with Gasteiger partial charge in [0.2, 0.25) is 0 Å². The van der Waals surface area contributed by atoms with Crippen molar-refractivity contribution in [2.75, 3.05) is 19.7 Å². The third-order valence-electron chi connectivity index (χ3n) is 1.95. The van der Waals surface area contributed by atoms with E-state index in [9.17, 15) is 4.79 Å². The van der Waals surface area contributed by atoms with E-state index in [-0.39, 0.29) is 6.61 Å². The van der Waals surface area contributed by atoms with Gasteiger partial charge >= 0.3 is 0 Å². The zero-order valence-corrected chi connectivity index (χ0v) is 9.11. The quantitative estimate of drug-likeness (QED) is 0.548. The molecule has 1 aromatic carbocycles. The van der Waals surface area contributed by atoms with Gasteiger partial charge in [-0.15, -0.1) is 0 Å². The van der Waals surface area contributed by atoms with E-state index >= 15 is 0 Å². The van der Waals surface area contributed by atoms with E-state index in [1.807, 2.05) is 24.3 Å². The molecular formula is C11H17N3O2. The van der Waals surface area contributed by atoms with Gasteiger partial charge in [0.05, 0.1) is 0 Å². The fourth-order valence-electron chi connectivity index (χ4n) is 1.19. The molecule has 88 valence electrons. The molecule has 0 aliphatic heterocycles. The molecule has 0 radical (unpaired) electrons. The second-order valence-electron chi connectivity index (χ2n) is 3.36. The number of hydrogen-bond acceptors (Lipinski definition) is 4. The third-order valence-corrected chi connectivity index (χ3v) is 1.95. The third kappa shape index (κ3) is 4.77. The second-order valence-corrected chi connectivity index (χ2v) is 3.36. The number of amides is 1. The molecule has 16 heavy (non-hydrogen) atoms. The monoisotopic (exact) mass is 223 g/mol. The molecule has 0 spiro atoms. The lowest BCUT2D eigenvalue weighted by Gasteiger charge is -2.06. The van der Waals surface area contributed by atoms with E-state index < -0.39 is 5.91 Å². The predicted molar refractivity (Wildman–Crippen MR) is 61.9 cm³/mol. The van der Waals surface area contributed by atoms with Crippen molar-refractivity contribution in [3.8, 4) is 5.75 Å². The maximum Gasteiger partial charge on any atom is 0.255 e. The highest BCUT2D eigenvalue weighted by atomic mass is 16.5. The summed E-state index contributed by atoms with van der Waals surface area (Å²) in [6.07, 6.45) is 0. The minimum absolute atomic E-state index is 0.0925. The Hall–Kier alpha value is -1.59. The highest BCUT2D eigenvalue weighted by molar-refractivity contribution is 5.75. The van der Waals surface area contributed by atoms with E-state index in [2.05, 4.69) is 5.32 Å². The molecule has 0 bridgehead atoms. The molecule has 0 saturated heterocycles. The average Bonchev–Trinajstić information content (AvgIpc) is 2.28. The summed E-state index contributed by atoms with van der Waals surface area (Å²) in [5.41, 5.74) is 11.5. The number of primary amides is 1. The number of carbonyl (C=O) groups excluding carboxylic acids is 1. The number of ether oxygens (including phenoxy) is 1. The first-order valence-corrected chi connectivity index (χ1v) is 5.13. The lowest BCUT2D eigenvalue weighted by molar-refractivity contribution is -0.119. The molecule has 0 atom stereocenters. The fourth-order valence-corrected chi connectivity index (χ4v) is 1.19. The van der Waals surface area contributed by atoms with Crippen LogP contribution in [0.3, 0.4) is 0 Å². The fraction of sp³-hybridized carbons (Fsp3) is 0.364. The first-order valence-electron chi connectivity index (χ1n) is 5.13. The molecule has 1 aromatic rings. The van der Waals surface area contributed by atoms with Crippen LogP contribution >= 0.6 is 0 Å². The van der Waals surface area contributed by atoms with Gasteiger partial charge in [-0.1, -0.05) is 12.1 Å². The van der Waals surface area contributed by atoms with Gasteiger partial charge in [0.15, 0.2) is 6.61 Å². The number of benzene rings is 1. The maximum absolute atomic E-state index is 10.5. The van der Waals surface area contributed by atoms with Crippen molar-refractivity contribution in [1.82, 2.24) is 5.32 Å². The smallest absolute Gasteiger partial charge is 0.255 e. The van der Waals surface area contributed by atoms with E-state index in [4.69, 9.17) is 16.2 Å². The van der Waals surface area contributed by atoms with Crippen molar-refractivity contribution in [3.05, 3.63) is 29.8 Å². The summed E-state index contributed by atoms with van der Waals surface area (Å²) in [6.45, 7) is 2.10. The Morgan fingerprint density at radius 1 is 1.31 bits per heavy atom. The molecule has 0 aliphatic carbocycles. The Morgan fingerprint density at radius 3 is 2.56 bits per heavy atom. The molecule has 0 aromatic heterocycles. The Kier molecular flexibility index (Phi) is 5.31. The highest BCUT2D eigenvalue weighted by Gasteiger charge is 1.97. The number of nitrogens with one attached hydrogen (secondary N) is 1. The van der Waals surface area contributed by atoms with Crippen LogP contribution < -0.4 is 21.5 Å². The minimum atomic E-state index is -0.478. The van der Waals surface area contributed by atoms with Crippen LogP contribution in [0.5, 0.6) is 5.75 Å². The molecule has 0 heterocycles. The molecule has 0 unspecified atom stereocenters. The van der Waals surface area contributed by atoms with Crippen LogP contribution in [0.15, 0.2) is 24.3 Å². The Bertz CT molecular complexity index is 325.